The van der Waals surface area contributed by atoms with Crippen LogP contribution in [0.4, 0.5) is 4.79 Å². The summed E-state index contributed by atoms with van der Waals surface area (Å²) in [6.07, 6.45) is 2.38. The summed E-state index contributed by atoms with van der Waals surface area (Å²) < 4.78 is 5.58. The monoisotopic (exact) mass is 270 g/mol. The Hall–Kier alpha value is -0.850. The molecule has 1 unspecified atom stereocenters. The highest BCUT2D eigenvalue weighted by Gasteiger charge is 2.26. The summed E-state index contributed by atoms with van der Waals surface area (Å²) >= 11 is 0. The number of morpholine rings is 1. The summed E-state index contributed by atoms with van der Waals surface area (Å²) in [4.78, 5) is 15.9. The molecule has 0 aromatic heterocycles. The number of piperidine rings is 1. The van der Waals surface area contributed by atoms with Crippen molar-refractivity contribution in [3.8, 4) is 0 Å². The zero-order chi connectivity index (χ0) is 13.7. The van der Waals surface area contributed by atoms with Crippen molar-refractivity contribution in [1.82, 2.24) is 15.1 Å². The van der Waals surface area contributed by atoms with E-state index in [1.54, 1.807) is 7.05 Å². The lowest BCUT2D eigenvalue weighted by Crippen LogP contribution is -2.49. The Bertz CT molecular complexity index is 292. The van der Waals surface area contributed by atoms with Gasteiger partial charge in [0.2, 0.25) is 0 Å². The van der Waals surface area contributed by atoms with E-state index in [2.05, 4.69) is 10.2 Å². The lowest BCUT2D eigenvalue weighted by molar-refractivity contribution is -0.0300. The molecule has 0 aromatic rings. The van der Waals surface area contributed by atoms with Gasteiger partial charge in [0.05, 0.1) is 12.7 Å². The normalized spacial score (nSPS) is 26.4. The highest BCUT2D eigenvalue weighted by Crippen LogP contribution is 2.19. The number of carbonyl (C=O) groups excluding carboxylic acids is 1. The highest BCUT2D eigenvalue weighted by atomic mass is 16.5. The molecule has 0 spiro atoms. The molecule has 0 radical (unpaired) electrons. The van der Waals surface area contributed by atoms with Crippen molar-refractivity contribution in [3.63, 3.8) is 0 Å². The molecule has 2 heterocycles. The van der Waals surface area contributed by atoms with E-state index in [1.165, 1.54) is 0 Å². The number of likely N-dealkylation sites (tertiary alicyclic amines) is 1. The zero-order valence-corrected chi connectivity index (χ0v) is 11.8. The maximum absolute atomic E-state index is 11.5. The van der Waals surface area contributed by atoms with Crippen LogP contribution in [0.2, 0.25) is 0 Å². The molecular weight excluding hydrogens is 244 g/mol. The van der Waals surface area contributed by atoms with E-state index in [4.69, 9.17) is 10.5 Å². The third kappa shape index (κ3) is 4.06. The van der Waals surface area contributed by atoms with Gasteiger partial charge in [0, 0.05) is 46.3 Å². The first kappa shape index (κ1) is 14.6. The van der Waals surface area contributed by atoms with Crippen LogP contribution in [0.3, 0.4) is 0 Å². The van der Waals surface area contributed by atoms with Gasteiger partial charge in [-0.25, -0.2) is 4.79 Å². The van der Waals surface area contributed by atoms with Crippen LogP contribution >= 0.6 is 0 Å². The number of hydrogen-bond donors (Lipinski definition) is 2. The fraction of sp³-hybridized carbons (Fsp3) is 0.923. The minimum atomic E-state index is 0.0491. The minimum absolute atomic E-state index is 0.0491. The van der Waals surface area contributed by atoms with Gasteiger partial charge in [0.15, 0.2) is 0 Å². The summed E-state index contributed by atoms with van der Waals surface area (Å²) in [6.45, 7) is 6.20. The molecule has 6 nitrogen and oxygen atoms in total. The van der Waals surface area contributed by atoms with Crippen LogP contribution < -0.4 is 11.1 Å². The fourth-order valence-corrected chi connectivity index (χ4v) is 2.93. The standard InChI is InChI=1S/C13H26N4O2/c1-15-13(18)17-4-2-11(3-5-17)9-16-6-7-19-12(8-14)10-16/h11-12H,2-10,14H2,1H3,(H,15,18). The highest BCUT2D eigenvalue weighted by molar-refractivity contribution is 5.73. The van der Waals surface area contributed by atoms with Crippen molar-refractivity contribution in [2.75, 3.05) is 52.9 Å². The third-order valence-corrected chi connectivity index (χ3v) is 4.12. The molecule has 0 saturated carbocycles. The first-order chi connectivity index (χ1) is 9.22. The number of nitrogens with two attached hydrogens (primary N) is 1. The predicted molar refractivity (Wildman–Crippen MR) is 74.0 cm³/mol. The van der Waals surface area contributed by atoms with Crippen molar-refractivity contribution in [1.29, 1.82) is 0 Å². The van der Waals surface area contributed by atoms with E-state index in [0.717, 1.165) is 52.2 Å². The number of nitrogens with zero attached hydrogens (tertiary/aromatic N) is 2. The van der Waals surface area contributed by atoms with Crippen LogP contribution in [0, 0.1) is 5.92 Å². The number of rotatable bonds is 3. The van der Waals surface area contributed by atoms with Crippen molar-refractivity contribution < 1.29 is 9.53 Å². The number of ether oxygens (including phenoxy) is 1. The number of urea groups is 1. The molecule has 2 amide bonds. The summed E-state index contributed by atoms with van der Waals surface area (Å²) in [5.74, 6) is 0.692. The largest absolute Gasteiger partial charge is 0.374 e. The molecule has 110 valence electrons. The van der Waals surface area contributed by atoms with Gasteiger partial charge in [0.1, 0.15) is 0 Å². The first-order valence-electron chi connectivity index (χ1n) is 7.23. The van der Waals surface area contributed by atoms with E-state index >= 15 is 0 Å². The van der Waals surface area contributed by atoms with Crippen LogP contribution in [0.25, 0.3) is 0 Å². The smallest absolute Gasteiger partial charge is 0.317 e. The molecule has 19 heavy (non-hydrogen) atoms. The van der Waals surface area contributed by atoms with Gasteiger partial charge >= 0.3 is 6.03 Å². The Morgan fingerprint density at radius 1 is 1.37 bits per heavy atom. The van der Waals surface area contributed by atoms with E-state index in [9.17, 15) is 4.79 Å². The number of nitrogens with one attached hydrogen (secondary N) is 1. The molecule has 6 heteroatoms. The van der Waals surface area contributed by atoms with Crippen LogP contribution in [-0.4, -0.2) is 74.9 Å². The Kier molecular flexibility index (Phi) is 5.42. The maximum atomic E-state index is 11.5. The number of hydrogen-bond acceptors (Lipinski definition) is 4. The predicted octanol–water partition coefficient (Wildman–Crippen LogP) is -0.303. The average Bonchev–Trinajstić information content (AvgIpc) is 2.47. The summed E-state index contributed by atoms with van der Waals surface area (Å²) in [6, 6.07) is 0.0491. The lowest BCUT2D eigenvalue weighted by atomic mass is 9.96. The van der Waals surface area contributed by atoms with Crippen molar-refractivity contribution in [3.05, 3.63) is 0 Å². The SMILES string of the molecule is CNC(=O)N1CCC(CN2CCOC(CN)C2)CC1. The fourth-order valence-electron chi connectivity index (χ4n) is 2.93. The molecule has 2 saturated heterocycles. The molecule has 0 bridgehead atoms. The molecule has 2 rings (SSSR count). The molecule has 1 atom stereocenters. The maximum Gasteiger partial charge on any atom is 0.317 e. The zero-order valence-electron chi connectivity index (χ0n) is 11.8. The average molecular weight is 270 g/mol. The first-order valence-corrected chi connectivity index (χ1v) is 7.23. The van der Waals surface area contributed by atoms with Crippen LogP contribution in [0.1, 0.15) is 12.8 Å². The van der Waals surface area contributed by atoms with Crippen molar-refractivity contribution >= 4 is 6.03 Å². The van der Waals surface area contributed by atoms with Gasteiger partial charge in [-0.1, -0.05) is 0 Å². The molecule has 0 aliphatic carbocycles. The van der Waals surface area contributed by atoms with Gasteiger partial charge in [0.25, 0.3) is 0 Å². The molecule has 0 aromatic carbocycles. The van der Waals surface area contributed by atoms with Gasteiger partial charge < -0.3 is 20.7 Å². The third-order valence-electron chi connectivity index (χ3n) is 4.12. The summed E-state index contributed by atoms with van der Waals surface area (Å²) in [5.41, 5.74) is 5.66. The van der Waals surface area contributed by atoms with Crippen LogP contribution in [-0.2, 0) is 4.74 Å². The quantitative estimate of drug-likeness (QED) is 0.738. The Balaban J connectivity index is 1.71. The molecule has 2 aliphatic rings. The van der Waals surface area contributed by atoms with E-state index in [0.29, 0.717) is 12.5 Å². The molecule has 2 aliphatic heterocycles. The van der Waals surface area contributed by atoms with E-state index in [-0.39, 0.29) is 12.1 Å². The topological polar surface area (TPSA) is 70.8 Å². The molecule has 2 fully saturated rings. The van der Waals surface area contributed by atoms with Gasteiger partial charge in [-0.2, -0.15) is 0 Å². The van der Waals surface area contributed by atoms with Crippen molar-refractivity contribution in [2.45, 2.75) is 18.9 Å². The molecule has 3 N–H and O–H groups in total. The Morgan fingerprint density at radius 3 is 2.74 bits per heavy atom. The van der Waals surface area contributed by atoms with Crippen molar-refractivity contribution in [2.24, 2.45) is 11.7 Å². The number of amides is 2. The Morgan fingerprint density at radius 2 is 2.11 bits per heavy atom. The van der Waals surface area contributed by atoms with Crippen LogP contribution in [0.5, 0.6) is 0 Å². The van der Waals surface area contributed by atoms with Crippen LogP contribution in [0.15, 0.2) is 0 Å². The lowest BCUT2D eigenvalue weighted by Gasteiger charge is -2.37. The second-order valence-corrected chi connectivity index (χ2v) is 5.47. The van der Waals surface area contributed by atoms with Gasteiger partial charge in [-0.15, -0.1) is 0 Å². The van der Waals surface area contributed by atoms with E-state index < -0.39 is 0 Å². The minimum Gasteiger partial charge on any atom is -0.374 e. The van der Waals surface area contributed by atoms with Gasteiger partial charge in [-0.05, 0) is 18.8 Å². The van der Waals surface area contributed by atoms with E-state index in [1.807, 2.05) is 4.90 Å². The van der Waals surface area contributed by atoms with Gasteiger partial charge in [-0.3, -0.25) is 4.90 Å². The summed E-state index contributed by atoms with van der Waals surface area (Å²) in [7, 11) is 1.69. The molecular formula is C13H26N4O2. The second kappa shape index (κ2) is 7.07. The number of carbonyl (C=O) groups is 1. The summed E-state index contributed by atoms with van der Waals surface area (Å²) in [5, 5.41) is 2.69. The Labute approximate surface area is 115 Å². The second-order valence-electron chi connectivity index (χ2n) is 5.47.